The number of piperidine rings is 1. The van der Waals surface area contributed by atoms with E-state index in [2.05, 4.69) is 20.7 Å². The Labute approximate surface area is 130 Å². The molecule has 112 valence electrons. The third-order valence-electron chi connectivity index (χ3n) is 3.19. The van der Waals surface area contributed by atoms with Gasteiger partial charge in [0.2, 0.25) is 0 Å². The standard InChI is InChI=1S/C11H15BrN2O4S2/c12-9-5-10(19-7-9)6-13-20(17,18)14-3-1-8(2-4-14)11(15)16/h5,7-8,13H,1-4,6H2,(H,15,16). The van der Waals surface area contributed by atoms with E-state index >= 15 is 0 Å². The summed E-state index contributed by atoms with van der Waals surface area (Å²) in [4.78, 5) is 11.8. The van der Waals surface area contributed by atoms with Crippen molar-refractivity contribution in [1.82, 2.24) is 9.03 Å². The molecule has 9 heteroatoms. The Morgan fingerprint density at radius 3 is 2.65 bits per heavy atom. The van der Waals surface area contributed by atoms with Crippen molar-refractivity contribution in [1.29, 1.82) is 0 Å². The molecule has 0 radical (unpaired) electrons. The van der Waals surface area contributed by atoms with Crippen molar-refractivity contribution in [2.45, 2.75) is 19.4 Å². The van der Waals surface area contributed by atoms with Gasteiger partial charge in [0, 0.05) is 34.4 Å². The molecule has 1 aliphatic rings. The van der Waals surface area contributed by atoms with Crippen LogP contribution in [0.15, 0.2) is 15.9 Å². The van der Waals surface area contributed by atoms with Crippen LogP contribution < -0.4 is 4.72 Å². The largest absolute Gasteiger partial charge is 0.481 e. The third-order valence-corrected chi connectivity index (χ3v) is 6.45. The number of rotatable bonds is 5. The molecule has 1 saturated heterocycles. The number of hydrogen-bond donors (Lipinski definition) is 2. The van der Waals surface area contributed by atoms with E-state index in [4.69, 9.17) is 5.11 Å². The molecule has 0 aliphatic carbocycles. The minimum atomic E-state index is -3.54. The third kappa shape index (κ3) is 4.01. The summed E-state index contributed by atoms with van der Waals surface area (Å²) in [6, 6.07) is 1.86. The molecular weight excluding hydrogens is 368 g/mol. The van der Waals surface area contributed by atoms with Gasteiger partial charge in [0.1, 0.15) is 0 Å². The number of nitrogens with zero attached hydrogens (tertiary/aromatic N) is 1. The number of aliphatic carboxylic acids is 1. The van der Waals surface area contributed by atoms with E-state index in [-0.39, 0.29) is 19.6 Å². The van der Waals surface area contributed by atoms with Gasteiger partial charge in [-0.1, -0.05) is 0 Å². The molecule has 2 rings (SSSR count). The zero-order valence-corrected chi connectivity index (χ0v) is 13.8. The predicted octanol–water partition coefficient (Wildman–Crippen LogP) is 1.64. The molecule has 1 fully saturated rings. The van der Waals surface area contributed by atoms with Crippen molar-refractivity contribution < 1.29 is 18.3 Å². The molecule has 2 heterocycles. The van der Waals surface area contributed by atoms with Gasteiger partial charge in [-0.2, -0.15) is 17.4 Å². The van der Waals surface area contributed by atoms with Gasteiger partial charge in [0.05, 0.1) is 5.92 Å². The molecule has 1 aliphatic heterocycles. The molecule has 0 unspecified atom stereocenters. The van der Waals surface area contributed by atoms with Gasteiger partial charge in [0.25, 0.3) is 10.2 Å². The van der Waals surface area contributed by atoms with E-state index < -0.39 is 22.1 Å². The van der Waals surface area contributed by atoms with E-state index in [1.807, 2.05) is 11.4 Å². The quantitative estimate of drug-likeness (QED) is 0.810. The van der Waals surface area contributed by atoms with Crippen LogP contribution in [-0.4, -0.2) is 36.9 Å². The molecule has 20 heavy (non-hydrogen) atoms. The summed E-state index contributed by atoms with van der Waals surface area (Å²) in [7, 11) is -3.54. The zero-order valence-electron chi connectivity index (χ0n) is 10.6. The molecule has 6 nitrogen and oxygen atoms in total. The highest BCUT2D eigenvalue weighted by Crippen LogP contribution is 2.21. The lowest BCUT2D eigenvalue weighted by molar-refractivity contribution is -0.142. The first-order chi connectivity index (χ1) is 9.38. The summed E-state index contributed by atoms with van der Waals surface area (Å²) in [5, 5.41) is 10.8. The highest BCUT2D eigenvalue weighted by molar-refractivity contribution is 9.10. The lowest BCUT2D eigenvalue weighted by Crippen LogP contribution is -2.45. The lowest BCUT2D eigenvalue weighted by Gasteiger charge is -2.29. The van der Waals surface area contributed by atoms with Crippen LogP contribution in [0.1, 0.15) is 17.7 Å². The molecule has 1 aromatic rings. The van der Waals surface area contributed by atoms with Crippen molar-refractivity contribution in [3.63, 3.8) is 0 Å². The fraction of sp³-hybridized carbons (Fsp3) is 0.545. The second-order valence-corrected chi connectivity index (χ2v) is 8.24. The van der Waals surface area contributed by atoms with E-state index in [9.17, 15) is 13.2 Å². The van der Waals surface area contributed by atoms with Crippen LogP contribution in [0.5, 0.6) is 0 Å². The number of nitrogens with one attached hydrogen (secondary N) is 1. The summed E-state index contributed by atoms with van der Waals surface area (Å²) in [6.45, 7) is 0.748. The highest BCUT2D eigenvalue weighted by atomic mass is 79.9. The fourth-order valence-corrected chi connectivity index (χ4v) is 4.74. The normalized spacial score (nSPS) is 18.2. The Balaban J connectivity index is 1.89. The molecule has 0 saturated carbocycles. The summed E-state index contributed by atoms with van der Waals surface area (Å²) in [6.07, 6.45) is 0.724. The molecule has 0 atom stereocenters. The summed E-state index contributed by atoms with van der Waals surface area (Å²) < 4.78 is 29.0. The topological polar surface area (TPSA) is 86.7 Å². The van der Waals surface area contributed by atoms with Crippen LogP contribution in [-0.2, 0) is 21.5 Å². The summed E-state index contributed by atoms with van der Waals surface area (Å²) in [5.41, 5.74) is 0. The number of hydrogen-bond acceptors (Lipinski definition) is 4. The van der Waals surface area contributed by atoms with Crippen LogP contribution in [0.3, 0.4) is 0 Å². The second kappa shape index (κ2) is 6.52. The SMILES string of the molecule is O=C(O)C1CCN(S(=O)(=O)NCc2cc(Br)cs2)CC1. The first-order valence-electron chi connectivity index (χ1n) is 6.09. The van der Waals surface area contributed by atoms with Crippen LogP contribution in [0.25, 0.3) is 0 Å². The van der Waals surface area contributed by atoms with Crippen LogP contribution >= 0.6 is 27.3 Å². The van der Waals surface area contributed by atoms with Crippen LogP contribution in [0, 0.1) is 5.92 Å². The molecule has 0 amide bonds. The fourth-order valence-electron chi connectivity index (χ4n) is 2.04. The van der Waals surface area contributed by atoms with E-state index in [1.54, 1.807) is 0 Å². The van der Waals surface area contributed by atoms with Gasteiger partial charge in [0.15, 0.2) is 0 Å². The molecule has 0 bridgehead atoms. The maximum atomic E-state index is 12.1. The van der Waals surface area contributed by atoms with Gasteiger partial charge in [-0.05, 0) is 34.8 Å². The highest BCUT2D eigenvalue weighted by Gasteiger charge is 2.30. The molecule has 0 spiro atoms. The minimum Gasteiger partial charge on any atom is -0.481 e. The Kier molecular flexibility index (Phi) is 5.19. The van der Waals surface area contributed by atoms with Crippen molar-refractivity contribution in [3.8, 4) is 0 Å². The second-order valence-electron chi connectivity index (χ2n) is 4.57. The average molecular weight is 383 g/mol. The van der Waals surface area contributed by atoms with Crippen molar-refractivity contribution in [3.05, 3.63) is 20.8 Å². The van der Waals surface area contributed by atoms with Crippen molar-refractivity contribution >= 4 is 43.4 Å². The van der Waals surface area contributed by atoms with Crippen LogP contribution in [0.2, 0.25) is 0 Å². The summed E-state index contributed by atoms with van der Waals surface area (Å²) in [5.74, 6) is -1.28. The molecular formula is C11H15BrN2O4S2. The zero-order chi connectivity index (χ0) is 14.8. The average Bonchev–Trinajstić information content (AvgIpc) is 2.82. The predicted molar refractivity (Wildman–Crippen MR) is 79.7 cm³/mol. The Hall–Kier alpha value is -0.480. The van der Waals surface area contributed by atoms with E-state index in [0.29, 0.717) is 12.8 Å². The maximum absolute atomic E-state index is 12.1. The van der Waals surface area contributed by atoms with Gasteiger partial charge in [-0.25, -0.2) is 0 Å². The van der Waals surface area contributed by atoms with Gasteiger partial charge >= 0.3 is 5.97 Å². The Morgan fingerprint density at radius 2 is 2.15 bits per heavy atom. The summed E-state index contributed by atoms with van der Waals surface area (Å²) >= 11 is 4.79. The number of carboxylic acid groups (broad SMARTS) is 1. The number of halogens is 1. The Morgan fingerprint density at radius 1 is 1.50 bits per heavy atom. The molecule has 2 N–H and O–H groups in total. The van der Waals surface area contributed by atoms with Gasteiger partial charge in [-0.3, -0.25) is 4.79 Å². The van der Waals surface area contributed by atoms with Crippen molar-refractivity contribution in [2.75, 3.05) is 13.1 Å². The lowest BCUT2D eigenvalue weighted by atomic mass is 9.99. The Bertz CT molecular complexity index is 579. The first-order valence-corrected chi connectivity index (χ1v) is 9.20. The molecule has 0 aromatic carbocycles. The van der Waals surface area contributed by atoms with Crippen molar-refractivity contribution in [2.24, 2.45) is 5.92 Å². The molecule has 1 aromatic heterocycles. The number of carbonyl (C=O) groups is 1. The number of carboxylic acids is 1. The van der Waals surface area contributed by atoms with Crippen LogP contribution in [0.4, 0.5) is 0 Å². The number of thiophene rings is 1. The smallest absolute Gasteiger partial charge is 0.306 e. The monoisotopic (exact) mass is 382 g/mol. The van der Waals surface area contributed by atoms with E-state index in [1.165, 1.54) is 15.6 Å². The minimum absolute atomic E-state index is 0.247. The van der Waals surface area contributed by atoms with Gasteiger partial charge < -0.3 is 5.11 Å². The maximum Gasteiger partial charge on any atom is 0.306 e. The van der Waals surface area contributed by atoms with Gasteiger partial charge in [-0.15, -0.1) is 11.3 Å². The first kappa shape index (κ1) is 15.9. The van der Waals surface area contributed by atoms with E-state index in [0.717, 1.165) is 9.35 Å².